The molecule has 1 atom stereocenters. The molecular formula is C16H23N3O2. The zero-order valence-electron chi connectivity index (χ0n) is 12.6. The van der Waals surface area contributed by atoms with E-state index in [0.29, 0.717) is 19.0 Å². The standard InChI is InChI=1S/C16H23N3O2/c1-12(2)16(13-6-4-3-5-7-13)18-15(21)11-19-9-8-17-14(20)10-19/h3-7,12,16H,8-11H2,1-2H3,(H,17,20)(H,18,21). The first-order valence-electron chi connectivity index (χ1n) is 7.39. The maximum atomic E-state index is 12.2. The third kappa shape index (κ3) is 4.56. The summed E-state index contributed by atoms with van der Waals surface area (Å²) in [6.07, 6.45) is 0. The molecule has 2 rings (SSSR count). The lowest BCUT2D eigenvalue weighted by Crippen LogP contribution is -2.51. The first-order chi connectivity index (χ1) is 10.1. The van der Waals surface area contributed by atoms with Crippen LogP contribution in [0.25, 0.3) is 0 Å². The molecule has 114 valence electrons. The van der Waals surface area contributed by atoms with Gasteiger partial charge in [-0.1, -0.05) is 44.2 Å². The Labute approximate surface area is 125 Å². The highest BCUT2D eigenvalue weighted by molar-refractivity contribution is 5.82. The number of carbonyl (C=O) groups is 2. The van der Waals surface area contributed by atoms with Gasteiger partial charge in [0.2, 0.25) is 11.8 Å². The van der Waals surface area contributed by atoms with Crippen LogP contribution in [0.15, 0.2) is 30.3 Å². The molecule has 1 heterocycles. The summed E-state index contributed by atoms with van der Waals surface area (Å²) >= 11 is 0. The van der Waals surface area contributed by atoms with E-state index < -0.39 is 0 Å². The Morgan fingerprint density at radius 1 is 1.33 bits per heavy atom. The van der Waals surface area contributed by atoms with Crippen LogP contribution < -0.4 is 10.6 Å². The Kier molecular flexibility index (Phi) is 5.33. The van der Waals surface area contributed by atoms with Crippen LogP contribution in [0.3, 0.4) is 0 Å². The molecule has 21 heavy (non-hydrogen) atoms. The second-order valence-electron chi connectivity index (χ2n) is 5.76. The Bertz CT molecular complexity index is 488. The van der Waals surface area contributed by atoms with Crippen LogP contribution in [-0.2, 0) is 9.59 Å². The zero-order valence-corrected chi connectivity index (χ0v) is 12.6. The van der Waals surface area contributed by atoms with Gasteiger partial charge in [-0.15, -0.1) is 0 Å². The molecule has 1 fully saturated rings. The number of nitrogens with zero attached hydrogens (tertiary/aromatic N) is 1. The first-order valence-corrected chi connectivity index (χ1v) is 7.39. The summed E-state index contributed by atoms with van der Waals surface area (Å²) in [7, 11) is 0. The van der Waals surface area contributed by atoms with Crippen molar-refractivity contribution >= 4 is 11.8 Å². The number of piperazine rings is 1. The number of benzene rings is 1. The summed E-state index contributed by atoms with van der Waals surface area (Å²) in [5, 5.41) is 5.84. The zero-order chi connectivity index (χ0) is 15.2. The molecule has 1 aliphatic heterocycles. The van der Waals surface area contributed by atoms with Crippen molar-refractivity contribution in [3.05, 3.63) is 35.9 Å². The normalized spacial score (nSPS) is 17.4. The van der Waals surface area contributed by atoms with Crippen molar-refractivity contribution in [1.29, 1.82) is 0 Å². The lowest BCUT2D eigenvalue weighted by molar-refractivity contribution is -0.127. The molecule has 1 aromatic rings. The van der Waals surface area contributed by atoms with Gasteiger partial charge in [0, 0.05) is 13.1 Å². The maximum Gasteiger partial charge on any atom is 0.234 e. The van der Waals surface area contributed by atoms with Crippen LogP contribution in [0.4, 0.5) is 0 Å². The Hall–Kier alpha value is -1.88. The van der Waals surface area contributed by atoms with Gasteiger partial charge in [-0.25, -0.2) is 0 Å². The quantitative estimate of drug-likeness (QED) is 0.848. The van der Waals surface area contributed by atoms with E-state index >= 15 is 0 Å². The van der Waals surface area contributed by atoms with Crippen LogP contribution in [-0.4, -0.2) is 42.9 Å². The number of nitrogens with one attached hydrogen (secondary N) is 2. The largest absolute Gasteiger partial charge is 0.354 e. The van der Waals surface area contributed by atoms with Gasteiger partial charge in [-0.3, -0.25) is 14.5 Å². The fourth-order valence-electron chi connectivity index (χ4n) is 2.54. The van der Waals surface area contributed by atoms with Gasteiger partial charge >= 0.3 is 0 Å². The summed E-state index contributed by atoms with van der Waals surface area (Å²) in [4.78, 5) is 25.4. The van der Waals surface area contributed by atoms with Gasteiger partial charge < -0.3 is 10.6 Å². The third-order valence-corrected chi connectivity index (χ3v) is 3.63. The molecule has 5 nitrogen and oxygen atoms in total. The smallest absolute Gasteiger partial charge is 0.234 e. The van der Waals surface area contributed by atoms with Crippen molar-refractivity contribution in [1.82, 2.24) is 15.5 Å². The van der Waals surface area contributed by atoms with E-state index in [9.17, 15) is 9.59 Å². The molecule has 0 saturated carbocycles. The second-order valence-corrected chi connectivity index (χ2v) is 5.76. The Balaban J connectivity index is 1.94. The minimum absolute atomic E-state index is 0.00248. The molecule has 5 heteroatoms. The van der Waals surface area contributed by atoms with Crippen molar-refractivity contribution in [3.8, 4) is 0 Å². The average molecular weight is 289 g/mol. The Morgan fingerprint density at radius 3 is 2.67 bits per heavy atom. The first kappa shape index (κ1) is 15.5. The fraction of sp³-hybridized carbons (Fsp3) is 0.500. The topological polar surface area (TPSA) is 61.4 Å². The van der Waals surface area contributed by atoms with Crippen molar-refractivity contribution < 1.29 is 9.59 Å². The predicted octanol–water partition coefficient (Wildman–Crippen LogP) is 0.932. The van der Waals surface area contributed by atoms with Gasteiger partial charge in [0.15, 0.2) is 0 Å². The van der Waals surface area contributed by atoms with Crippen LogP contribution in [0.5, 0.6) is 0 Å². The van der Waals surface area contributed by atoms with E-state index in [4.69, 9.17) is 0 Å². The van der Waals surface area contributed by atoms with E-state index in [2.05, 4.69) is 24.5 Å². The van der Waals surface area contributed by atoms with Gasteiger partial charge in [0.1, 0.15) is 0 Å². The molecule has 0 aromatic heterocycles. The molecule has 2 N–H and O–H groups in total. The monoisotopic (exact) mass is 289 g/mol. The molecule has 0 bridgehead atoms. The second kappa shape index (κ2) is 7.22. The minimum atomic E-state index is -0.0350. The lowest BCUT2D eigenvalue weighted by Gasteiger charge is -2.28. The van der Waals surface area contributed by atoms with Crippen molar-refractivity contribution in [2.24, 2.45) is 5.92 Å². The summed E-state index contributed by atoms with van der Waals surface area (Å²) in [6.45, 7) is 6.07. The van der Waals surface area contributed by atoms with E-state index in [-0.39, 0.29) is 24.4 Å². The molecule has 0 radical (unpaired) electrons. The number of hydrogen-bond acceptors (Lipinski definition) is 3. The molecule has 1 aromatic carbocycles. The molecule has 0 aliphatic carbocycles. The third-order valence-electron chi connectivity index (χ3n) is 3.63. The van der Waals surface area contributed by atoms with Crippen LogP contribution in [0, 0.1) is 5.92 Å². The number of carbonyl (C=O) groups excluding carboxylic acids is 2. The average Bonchev–Trinajstić information content (AvgIpc) is 2.45. The van der Waals surface area contributed by atoms with Crippen LogP contribution >= 0.6 is 0 Å². The number of rotatable bonds is 5. The number of amides is 2. The van der Waals surface area contributed by atoms with E-state index in [1.165, 1.54) is 0 Å². The fourth-order valence-corrected chi connectivity index (χ4v) is 2.54. The van der Waals surface area contributed by atoms with Crippen molar-refractivity contribution in [2.75, 3.05) is 26.2 Å². The molecule has 0 spiro atoms. The highest BCUT2D eigenvalue weighted by Gasteiger charge is 2.22. The molecule has 2 amide bonds. The van der Waals surface area contributed by atoms with E-state index in [1.54, 1.807) is 0 Å². The van der Waals surface area contributed by atoms with Crippen molar-refractivity contribution in [2.45, 2.75) is 19.9 Å². The lowest BCUT2D eigenvalue weighted by atomic mass is 9.96. The predicted molar refractivity (Wildman–Crippen MR) is 81.6 cm³/mol. The van der Waals surface area contributed by atoms with Gasteiger partial charge in [-0.2, -0.15) is 0 Å². The van der Waals surface area contributed by atoms with Crippen LogP contribution in [0.1, 0.15) is 25.5 Å². The van der Waals surface area contributed by atoms with Crippen molar-refractivity contribution in [3.63, 3.8) is 0 Å². The van der Waals surface area contributed by atoms with Gasteiger partial charge in [0.05, 0.1) is 19.1 Å². The molecule has 1 aliphatic rings. The van der Waals surface area contributed by atoms with Gasteiger partial charge in [0.25, 0.3) is 0 Å². The molecule has 1 saturated heterocycles. The number of hydrogen-bond donors (Lipinski definition) is 2. The summed E-state index contributed by atoms with van der Waals surface area (Å²) in [6, 6.07) is 9.98. The van der Waals surface area contributed by atoms with Crippen LogP contribution in [0.2, 0.25) is 0 Å². The highest BCUT2D eigenvalue weighted by Crippen LogP contribution is 2.21. The highest BCUT2D eigenvalue weighted by atomic mass is 16.2. The SMILES string of the molecule is CC(C)C(NC(=O)CN1CCNC(=O)C1)c1ccccc1. The summed E-state index contributed by atoms with van der Waals surface area (Å²) in [5.74, 6) is 0.255. The summed E-state index contributed by atoms with van der Waals surface area (Å²) in [5.41, 5.74) is 1.11. The Morgan fingerprint density at radius 2 is 2.05 bits per heavy atom. The summed E-state index contributed by atoms with van der Waals surface area (Å²) < 4.78 is 0. The van der Waals surface area contributed by atoms with E-state index in [1.807, 2.05) is 35.2 Å². The maximum absolute atomic E-state index is 12.2. The van der Waals surface area contributed by atoms with E-state index in [0.717, 1.165) is 12.1 Å². The van der Waals surface area contributed by atoms with Gasteiger partial charge in [-0.05, 0) is 11.5 Å². The minimum Gasteiger partial charge on any atom is -0.354 e. The molecule has 1 unspecified atom stereocenters. The molecular weight excluding hydrogens is 266 g/mol.